The number of hydrogen-bond donors (Lipinski definition) is 1. The SMILES string of the molecule is CC#CC(Cc1nnn[nH]1)c1ccc(OCc2ccc3scc(-c4cc(OCCOC)ccc4C)c3c2)cc1. The average molecular weight is 539 g/mol. The lowest BCUT2D eigenvalue weighted by atomic mass is 9.96. The number of tetrazole rings is 1. The summed E-state index contributed by atoms with van der Waals surface area (Å²) in [6.45, 7) is 5.54. The fraction of sp³-hybridized carbons (Fsp3) is 0.258. The molecule has 5 aromatic rings. The van der Waals surface area contributed by atoms with Gasteiger partial charge in [-0.3, -0.25) is 0 Å². The summed E-state index contributed by atoms with van der Waals surface area (Å²) in [5.41, 5.74) is 5.81. The molecule has 0 bridgehead atoms. The molecule has 0 radical (unpaired) electrons. The molecule has 2 aromatic heterocycles. The van der Waals surface area contributed by atoms with Crippen molar-refractivity contribution in [3.63, 3.8) is 0 Å². The number of methoxy groups -OCH3 is 1. The molecule has 0 fully saturated rings. The Bertz CT molecular complexity index is 1580. The second kappa shape index (κ2) is 12.6. The van der Waals surface area contributed by atoms with Gasteiger partial charge in [-0.1, -0.05) is 30.2 Å². The highest BCUT2D eigenvalue weighted by Gasteiger charge is 2.14. The number of nitrogens with zero attached hydrogens (tertiary/aromatic N) is 3. The molecule has 1 N–H and O–H groups in total. The molecule has 3 aromatic carbocycles. The van der Waals surface area contributed by atoms with Gasteiger partial charge in [0, 0.05) is 29.2 Å². The van der Waals surface area contributed by atoms with Crippen molar-refractivity contribution >= 4 is 21.4 Å². The molecule has 39 heavy (non-hydrogen) atoms. The van der Waals surface area contributed by atoms with Crippen LogP contribution in [0, 0.1) is 18.8 Å². The Morgan fingerprint density at radius 1 is 0.949 bits per heavy atom. The van der Waals surface area contributed by atoms with E-state index in [1.807, 2.05) is 25.1 Å². The van der Waals surface area contributed by atoms with Crippen LogP contribution in [0.2, 0.25) is 0 Å². The van der Waals surface area contributed by atoms with Crippen LogP contribution in [0.1, 0.15) is 35.4 Å². The Labute approximate surface area is 232 Å². The van der Waals surface area contributed by atoms with E-state index in [4.69, 9.17) is 14.2 Å². The van der Waals surface area contributed by atoms with Crippen LogP contribution in [0.3, 0.4) is 0 Å². The molecule has 0 aliphatic rings. The Balaban J connectivity index is 1.30. The van der Waals surface area contributed by atoms with Gasteiger partial charge in [0.15, 0.2) is 0 Å². The smallest absolute Gasteiger partial charge is 0.150 e. The van der Waals surface area contributed by atoms with Gasteiger partial charge < -0.3 is 14.2 Å². The molecular weight excluding hydrogens is 508 g/mol. The Morgan fingerprint density at radius 2 is 1.79 bits per heavy atom. The zero-order chi connectivity index (χ0) is 27.0. The van der Waals surface area contributed by atoms with Crippen LogP contribution in [-0.2, 0) is 17.8 Å². The highest BCUT2D eigenvalue weighted by Crippen LogP contribution is 2.38. The van der Waals surface area contributed by atoms with E-state index in [9.17, 15) is 0 Å². The van der Waals surface area contributed by atoms with Crippen LogP contribution in [0.25, 0.3) is 21.2 Å². The van der Waals surface area contributed by atoms with E-state index in [2.05, 4.69) is 87.2 Å². The normalized spacial score (nSPS) is 11.7. The van der Waals surface area contributed by atoms with Gasteiger partial charge in [0.2, 0.25) is 0 Å². The molecule has 5 rings (SSSR count). The van der Waals surface area contributed by atoms with Gasteiger partial charge in [0.05, 0.1) is 12.5 Å². The van der Waals surface area contributed by atoms with E-state index in [0.717, 1.165) is 22.6 Å². The van der Waals surface area contributed by atoms with Crippen molar-refractivity contribution in [2.75, 3.05) is 20.3 Å². The van der Waals surface area contributed by atoms with E-state index in [0.29, 0.717) is 32.1 Å². The van der Waals surface area contributed by atoms with Crippen molar-refractivity contribution in [1.29, 1.82) is 0 Å². The summed E-state index contributed by atoms with van der Waals surface area (Å²) in [5, 5.41) is 17.6. The number of aryl methyl sites for hydroxylation is 1. The standard InChI is InChI=1S/C31H30N4O3S/c1-4-5-24(17-31-32-34-35-33-31)23-8-11-25(12-9-23)38-19-22-7-13-30-28(16-22)29(20-39-30)27-18-26(10-6-21(27)2)37-15-14-36-3/h6-13,16,18,20,24H,14-15,17,19H2,1-3H3,(H,32,33,34,35). The molecule has 1 atom stereocenters. The molecule has 0 saturated heterocycles. The van der Waals surface area contributed by atoms with Crippen LogP contribution in [0.15, 0.2) is 66.0 Å². The van der Waals surface area contributed by atoms with Gasteiger partial charge in [0.1, 0.15) is 30.5 Å². The monoisotopic (exact) mass is 538 g/mol. The summed E-state index contributed by atoms with van der Waals surface area (Å²) in [5.74, 6) is 8.64. The van der Waals surface area contributed by atoms with Gasteiger partial charge >= 0.3 is 0 Å². The number of aromatic amines is 1. The third kappa shape index (κ3) is 6.45. The van der Waals surface area contributed by atoms with Gasteiger partial charge in [-0.25, -0.2) is 5.10 Å². The largest absolute Gasteiger partial charge is 0.491 e. The molecule has 8 heteroatoms. The summed E-state index contributed by atoms with van der Waals surface area (Å²) in [6.07, 6.45) is 0.624. The Hall–Kier alpha value is -4.19. The van der Waals surface area contributed by atoms with E-state index < -0.39 is 0 Å². The summed E-state index contributed by atoms with van der Waals surface area (Å²) in [7, 11) is 1.68. The number of aromatic nitrogens is 4. The van der Waals surface area contributed by atoms with Crippen LogP contribution in [-0.4, -0.2) is 40.9 Å². The average Bonchev–Trinajstić information content (AvgIpc) is 3.63. The lowest BCUT2D eigenvalue weighted by Gasteiger charge is -2.12. The molecule has 0 amide bonds. The fourth-order valence-electron chi connectivity index (χ4n) is 4.45. The minimum absolute atomic E-state index is 0.00514. The van der Waals surface area contributed by atoms with Crippen molar-refractivity contribution in [2.24, 2.45) is 0 Å². The predicted octanol–water partition coefficient (Wildman–Crippen LogP) is 6.34. The van der Waals surface area contributed by atoms with Gasteiger partial charge in [-0.05, 0) is 88.3 Å². The minimum Gasteiger partial charge on any atom is -0.491 e. The van der Waals surface area contributed by atoms with Crippen molar-refractivity contribution in [3.05, 3.63) is 88.6 Å². The maximum atomic E-state index is 6.16. The van der Waals surface area contributed by atoms with Crippen molar-refractivity contribution in [2.45, 2.75) is 32.8 Å². The van der Waals surface area contributed by atoms with E-state index in [-0.39, 0.29) is 5.92 Å². The maximum Gasteiger partial charge on any atom is 0.150 e. The minimum atomic E-state index is 0.00514. The molecule has 198 valence electrons. The first-order valence-electron chi connectivity index (χ1n) is 12.7. The number of H-pyrrole nitrogens is 1. The summed E-state index contributed by atoms with van der Waals surface area (Å²) in [4.78, 5) is 0. The molecule has 7 nitrogen and oxygen atoms in total. The maximum absolute atomic E-state index is 6.16. The van der Waals surface area contributed by atoms with Crippen LogP contribution in [0.5, 0.6) is 11.5 Å². The number of ether oxygens (including phenoxy) is 3. The van der Waals surface area contributed by atoms with Crippen LogP contribution >= 0.6 is 11.3 Å². The topological polar surface area (TPSA) is 82.2 Å². The molecule has 0 spiro atoms. The quantitative estimate of drug-likeness (QED) is 0.156. The van der Waals surface area contributed by atoms with Gasteiger partial charge in [-0.2, -0.15) is 0 Å². The number of benzene rings is 3. The Kier molecular flexibility index (Phi) is 8.51. The number of fused-ring (bicyclic) bond motifs is 1. The Morgan fingerprint density at radius 3 is 2.56 bits per heavy atom. The lowest BCUT2D eigenvalue weighted by molar-refractivity contribution is 0.146. The summed E-state index contributed by atoms with van der Waals surface area (Å²) < 4.78 is 18.4. The number of hydrogen-bond acceptors (Lipinski definition) is 7. The highest BCUT2D eigenvalue weighted by molar-refractivity contribution is 7.17. The molecule has 2 heterocycles. The van der Waals surface area contributed by atoms with Gasteiger partial charge in [-0.15, -0.1) is 22.4 Å². The second-order valence-corrected chi connectivity index (χ2v) is 10.1. The molecule has 0 aliphatic heterocycles. The first-order chi connectivity index (χ1) is 19.1. The molecule has 1 unspecified atom stereocenters. The van der Waals surface area contributed by atoms with Gasteiger partial charge in [0.25, 0.3) is 0 Å². The van der Waals surface area contributed by atoms with Crippen LogP contribution < -0.4 is 9.47 Å². The van der Waals surface area contributed by atoms with Crippen LogP contribution in [0.4, 0.5) is 0 Å². The summed E-state index contributed by atoms with van der Waals surface area (Å²) >= 11 is 1.75. The number of nitrogens with one attached hydrogen (secondary N) is 1. The predicted molar refractivity (Wildman–Crippen MR) is 154 cm³/mol. The second-order valence-electron chi connectivity index (χ2n) is 9.15. The highest BCUT2D eigenvalue weighted by atomic mass is 32.1. The third-order valence-electron chi connectivity index (χ3n) is 6.49. The molecule has 0 aliphatic carbocycles. The zero-order valence-corrected chi connectivity index (χ0v) is 23.0. The first-order valence-corrected chi connectivity index (χ1v) is 13.6. The first kappa shape index (κ1) is 26.4. The van der Waals surface area contributed by atoms with E-state index in [1.54, 1.807) is 18.4 Å². The molecule has 0 saturated carbocycles. The lowest BCUT2D eigenvalue weighted by Crippen LogP contribution is -2.04. The van der Waals surface area contributed by atoms with E-state index in [1.165, 1.54) is 26.8 Å². The zero-order valence-electron chi connectivity index (χ0n) is 22.2. The van der Waals surface area contributed by atoms with Crippen molar-refractivity contribution in [3.8, 4) is 34.5 Å². The fourth-order valence-corrected chi connectivity index (χ4v) is 5.39. The number of rotatable bonds is 11. The molecular formula is C31H30N4O3S. The third-order valence-corrected chi connectivity index (χ3v) is 7.45. The number of thiophene rings is 1. The van der Waals surface area contributed by atoms with Crippen molar-refractivity contribution < 1.29 is 14.2 Å². The van der Waals surface area contributed by atoms with E-state index >= 15 is 0 Å². The van der Waals surface area contributed by atoms with Crippen molar-refractivity contribution in [1.82, 2.24) is 20.6 Å². The summed E-state index contributed by atoms with van der Waals surface area (Å²) in [6, 6.07) is 20.9.